The number of hydrogen-bond donors (Lipinski definition) is 1. The second kappa shape index (κ2) is 8.61. The molecule has 7 heteroatoms. The van der Waals surface area contributed by atoms with Crippen LogP contribution in [0.3, 0.4) is 0 Å². The first-order valence-electron chi connectivity index (χ1n) is 9.84. The van der Waals surface area contributed by atoms with E-state index in [-0.39, 0.29) is 0 Å². The zero-order valence-corrected chi connectivity index (χ0v) is 16.4. The Morgan fingerprint density at radius 1 is 1.10 bits per heavy atom. The van der Waals surface area contributed by atoms with Crippen molar-refractivity contribution < 1.29 is 28.8 Å². The van der Waals surface area contributed by atoms with Gasteiger partial charge >= 0.3 is 5.97 Å². The molecule has 4 rings (SSSR count). The first-order chi connectivity index (χ1) is 14.2. The molecule has 2 aromatic carbocycles. The molecule has 0 radical (unpaired) electrons. The smallest absolute Gasteiger partial charge is 0.349 e. The molecule has 7 nitrogen and oxygen atoms in total. The minimum atomic E-state index is -1.16. The molecule has 2 aliphatic rings. The molecule has 0 amide bonds. The van der Waals surface area contributed by atoms with Crippen LogP contribution in [0.15, 0.2) is 42.5 Å². The van der Waals surface area contributed by atoms with Crippen LogP contribution in [-0.2, 0) is 4.79 Å². The summed E-state index contributed by atoms with van der Waals surface area (Å²) in [7, 11) is 1.56. The van der Waals surface area contributed by atoms with Crippen LogP contribution in [0.2, 0.25) is 0 Å². The predicted molar refractivity (Wildman–Crippen MR) is 106 cm³/mol. The summed E-state index contributed by atoms with van der Waals surface area (Å²) in [6.45, 7) is 3.69. The molecule has 1 N–H and O–H groups in total. The van der Waals surface area contributed by atoms with Crippen LogP contribution in [0.4, 0.5) is 0 Å². The molecular formula is C22H25NO6. The maximum Gasteiger partial charge on any atom is 0.349 e. The zero-order chi connectivity index (χ0) is 20.2. The van der Waals surface area contributed by atoms with Crippen LogP contribution >= 0.6 is 0 Å². The number of likely N-dealkylation sites (tertiary alicyclic amines) is 1. The van der Waals surface area contributed by atoms with Crippen molar-refractivity contribution in [2.24, 2.45) is 0 Å². The molecule has 154 valence electrons. The number of carbonyl (C=O) groups is 1. The van der Waals surface area contributed by atoms with E-state index in [1.807, 2.05) is 6.07 Å². The molecule has 0 spiro atoms. The fraction of sp³-hybridized carbons (Fsp3) is 0.409. The van der Waals surface area contributed by atoms with Crippen LogP contribution in [0.25, 0.3) is 0 Å². The molecule has 2 unspecified atom stereocenters. The number of nitrogens with zero attached hydrogens (tertiary/aromatic N) is 1. The van der Waals surface area contributed by atoms with Gasteiger partial charge in [-0.1, -0.05) is 18.2 Å². The Hall–Kier alpha value is -2.93. The summed E-state index contributed by atoms with van der Waals surface area (Å²) >= 11 is 0. The van der Waals surface area contributed by atoms with Crippen LogP contribution < -0.4 is 18.9 Å². The van der Waals surface area contributed by atoms with E-state index >= 15 is 0 Å². The van der Waals surface area contributed by atoms with Gasteiger partial charge < -0.3 is 24.1 Å². The van der Waals surface area contributed by atoms with Gasteiger partial charge in [0, 0.05) is 12.1 Å². The average Bonchev–Trinajstić information content (AvgIpc) is 3.26. The van der Waals surface area contributed by atoms with Gasteiger partial charge in [0.25, 0.3) is 0 Å². The maximum absolute atomic E-state index is 11.8. The molecular weight excluding hydrogens is 374 g/mol. The monoisotopic (exact) mass is 399 g/mol. The summed E-state index contributed by atoms with van der Waals surface area (Å²) in [5.41, 5.74) is 0.649. The van der Waals surface area contributed by atoms with E-state index in [1.54, 1.807) is 43.5 Å². The number of aliphatic carboxylic acids is 1. The predicted octanol–water partition coefficient (Wildman–Crippen LogP) is 3.14. The number of hydrogen-bond acceptors (Lipinski definition) is 6. The first kappa shape index (κ1) is 19.4. The fourth-order valence-corrected chi connectivity index (χ4v) is 3.74. The topological polar surface area (TPSA) is 77.5 Å². The van der Waals surface area contributed by atoms with E-state index in [0.29, 0.717) is 35.2 Å². The lowest BCUT2D eigenvalue weighted by Gasteiger charge is -2.32. The number of methoxy groups -OCH3 is 1. The summed E-state index contributed by atoms with van der Waals surface area (Å²) in [6, 6.07) is 12.4. The second-order valence-electron chi connectivity index (χ2n) is 7.17. The van der Waals surface area contributed by atoms with Gasteiger partial charge in [0.2, 0.25) is 6.10 Å². The molecule has 0 aromatic heterocycles. The van der Waals surface area contributed by atoms with Crippen LogP contribution in [0.1, 0.15) is 24.5 Å². The number of ether oxygens (including phenoxy) is 4. The van der Waals surface area contributed by atoms with Crippen molar-refractivity contribution in [3.63, 3.8) is 0 Å². The minimum absolute atomic E-state index is 0.421. The van der Waals surface area contributed by atoms with E-state index in [9.17, 15) is 9.90 Å². The highest BCUT2D eigenvalue weighted by Crippen LogP contribution is 2.41. The van der Waals surface area contributed by atoms with E-state index in [4.69, 9.17) is 18.9 Å². The quantitative estimate of drug-likeness (QED) is 0.766. The van der Waals surface area contributed by atoms with Crippen LogP contribution in [0, 0.1) is 0 Å². The van der Waals surface area contributed by atoms with Crippen LogP contribution in [0.5, 0.6) is 23.0 Å². The summed E-state index contributed by atoms with van der Waals surface area (Å²) in [6.07, 6.45) is 0.538. The second-order valence-corrected chi connectivity index (χ2v) is 7.17. The first-order valence-corrected chi connectivity index (χ1v) is 9.84. The molecule has 2 aliphatic heterocycles. The Bertz CT molecular complexity index is 864. The van der Waals surface area contributed by atoms with Crippen molar-refractivity contribution >= 4 is 5.97 Å². The highest BCUT2D eigenvalue weighted by atomic mass is 16.6. The number of carboxylic acids is 1. The molecule has 1 saturated heterocycles. The van der Waals surface area contributed by atoms with Crippen molar-refractivity contribution in [1.82, 2.24) is 4.90 Å². The summed E-state index contributed by atoms with van der Waals surface area (Å²) in [5, 5.41) is 9.63. The maximum atomic E-state index is 11.8. The van der Waals surface area contributed by atoms with Crippen molar-refractivity contribution in [3.05, 3.63) is 48.0 Å². The number of rotatable bonds is 7. The number of benzene rings is 2. The van der Waals surface area contributed by atoms with E-state index in [1.165, 1.54) is 12.8 Å². The molecule has 29 heavy (non-hydrogen) atoms. The minimum Gasteiger partial charge on any atom is -0.493 e. The lowest BCUT2D eigenvalue weighted by Crippen LogP contribution is -2.39. The van der Waals surface area contributed by atoms with E-state index < -0.39 is 18.2 Å². The van der Waals surface area contributed by atoms with Gasteiger partial charge in [-0.05, 0) is 50.2 Å². The highest BCUT2D eigenvalue weighted by Gasteiger charge is 2.38. The van der Waals surface area contributed by atoms with Crippen molar-refractivity contribution in [2.45, 2.75) is 25.0 Å². The van der Waals surface area contributed by atoms with Gasteiger partial charge in [0.05, 0.1) is 7.11 Å². The number of carboxylic acid groups (broad SMARTS) is 1. The normalized spacial score (nSPS) is 21.0. The molecule has 2 atom stereocenters. The van der Waals surface area contributed by atoms with Gasteiger partial charge in [0.15, 0.2) is 29.1 Å². The summed E-state index contributed by atoms with van der Waals surface area (Å²) < 4.78 is 23.0. The lowest BCUT2D eigenvalue weighted by atomic mass is 10.0. The van der Waals surface area contributed by atoms with Gasteiger partial charge in [0.1, 0.15) is 6.61 Å². The van der Waals surface area contributed by atoms with E-state index in [0.717, 1.165) is 19.6 Å². The lowest BCUT2D eigenvalue weighted by molar-refractivity contribution is -0.151. The van der Waals surface area contributed by atoms with Crippen molar-refractivity contribution in [1.29, 1.82) is 0 Å². The molecule has 0 bridgehead atoms. The van der Waals surface area contributed by atoms with Crippen molar-refractivity contribution in [3.8, 4) is 23.0 Å². The molecule has 0 saturated carbocycles. The van der Waals surface area contributed by atoms with Gasteiger partial charge in [-0.15, -0.1) is 0 Å². The molecule has 2 aromatic rings. The Morgan fingerprint density at radius 3 is 2.52 bits per heavy atom. The van der Waals surface area contributed by atoms with Gasteiger partial charge in [-0.3, -0.25) is 4.90 Å². The Kier molecular flexibility index (Phi) is 5.76. The Balaban J connectivity index is 1.51. The standard InChI is InChI=1S/C22H25NO6/c1-26-19-14-15(8-9-16(19)27-13-12-23-10-4-5-11-23)20-21(22(24)25)29-18-7-3-2-6-17(18)28-20/h2-3,6-9,14,20-21H,4-5,10-13H2,1H3,(H,24,25). The zero-order valence-electron chi connectivity index (χ0n) is 16.4. The third kappa shape index (κ3) is 4.24. The van der Waals surface area contributed by atoms with Gasteiger partial charge in [-0.2, -0.15) is 0 Å². The molecule has 2 heterocycles. The average molecular weight is 399 g/mol. The fourth-order valence-electron chi connectivity index (χ4n) is 3.74. The van der Waals surface area contributed by atoms with E-state index in [2.05, 4.69) is 4.90 Å². The third-order valence-electron chi connectivity index (χ3n) is 5.26. The van der Waals surface area contributed by atoms with Crippen LogP contribution in [-0.4, -0.2) is 55.4 Å². The molecule has 0 aliphatic carbocycles. The summed E-state index contributed by atoms with van der Waals surface area (Å²) in [5.74, 6) is 1.01. The summed E-state index contributed by atoms with van der Waals surface area (Å²) in [4.78, 5) is 14.1. The van der Waals surface area contributed by atoms with Crippen molar-refractivity contribution in [2.75, 3.05) is 33.4 Å². The largest absolute Gasteiger partial charge is 0.493 e. The number of fused-ring (bicyclic) bond motifs is 1. The molecule has 1 fully saturated rings. The highest BCUT2D eigenvalue weighted by molar-refractivity contribution is 5.75. The Labute approximate surface area is 169 Å². The van der Waals surface area contributed by atoms with Gasteiger partial charge in [-0.25, -0.2) is 4.79 Å². The SMILES string of the molecule is COc1cc(C2Oc3ccccc3OC2C(=O)O)ccc1OCCN1CCCC1. The number of para-hydroxylation sites is 2. The third-order valence-corrected chi connectivity index (χ3v) is 5.26. The Morgan fingerprint density at radius 2 is 1.83 bits per heavy atom.